The summed E-state index contributed by atoms with van der Waals surface area (Å²) in [6.45, 7) is 0. The van der Waals surface area contributed by atoms with E-state index in [-0.39, 0.29) is 23.3 Å². The monoisotopic (exact) mass is 389 g/mol. The number of thiocarbonyl (C=S) groups is 1. The maximum atomic E-state index is 12.2. The van der Waals surface area contributed by atoms with Crippen molar-refractivity contribution in [3.63, 3.8) is 0 Å². The second kappa shape index (κ2) is 9.43. The van der Waals surface area contributed by atoms with Crippen LogP contribution in [-0.2, 0) is 16.0 Å². The lowest BCUT2D eigenvalue weighted by molar-refractivity contribution is -0.121. The molecule has 0 saturated carbocycles. The van der Waals surface area contributed by atoms with E-state index in [9.17, 15) is 9.59 Å². The number of hydrazine groups is 1. The molecule has 0 bridgehead atoms. The highest BCUT2D eigenvalue weighted by Gasteiger charge is 2.08. The van der Waals surface area contributed by atoms with E-state index in [2.05, 4.69) is 16.2 Å². The normalized spacial score (nSPS) is 10.6. The van der Waals surface area contributed by atoms with Gasteiger partial charge in [0.05, 0.1) is 6.42 Å². The lowest BCUT2D eigenvalue weighted by atomic mass is 10.0. The molecule has 28 heavy (non-hydrogen) atoms. The maximum absolute atomic E-state index is 12.2. The van der Waals surface area contributed by atoms with E-state index >= 15 is 0 Å². The van der Waals surface area contributed by atoms with Crippen LogP contribution in [0.1, 0.15) is 11.1 Å². The molecule has 3 aromatic carbocycles. The first-order valence-corrected chi connectivity index (χ1v) is 9.12. The number of hydrogen-bond donors (Lipinski definition) is 3. The number of carbonyl (C=O) groups excluding carboxylic acids is 2. The third-order valence-electron chi connectivity index (χ3n) is 4.01. The zero-order chi connectivity index (χ0) is 19.8. The highest BCUT2D eigenvalue weighted by atomic mass is 32.1. The van der Waals surface area contributed by atoms with Gasteiger partial charge in [-0.05, 0) is 40.2 Å². The zero-order valence-corrected chi connectivity index (χ0v) is 15.8. The van der Waals surface area contributed by atoms with Crippen molar-refractivity contribution in [1.29, 1.82) is 0 Å². The third kappa shape index (κ3) is 5.49. The number of rotatable bonds is 4. The van der Waals surface area contributed by atoms with Gasteiger partial charge in [0.1, 0.15) is 0 Å². The van der Waals surface area contributed by atoms with E-state index in [1.165, 1.54) is 6.08 Å². The molecule has 3 aromatic rings. The molecule has 5 nitrogen and oxygen atoms in total. The van der Waals surface area contributed by atoms with E-state index in [4.69, 9.17) is 12.2 Å². The van der Waals surface area contributed by atoms with Crippen LogP contribution in [0.3, 0.4) is 0 Å². The molecule has 0 spiro atoms. The fraction of sp³-hybridized carbons (Fsp3) is 0.0455. The van der Waals surface area contributed by atoms with Crippen molar-refractivity contribution >= 4 is 46.0 Å². The maximum Gasteiger partial charge on any atom is 0.250 e. The van der Waals surface area contributed by atoms with Gasteiger partial charge in [-0.1, -0.05) is 72.8 Å². The number of nitrogens with one attached hydrogen (secondary N) is 3. The zero-order valence-electron chi connectivity index (χ0n) is 15.0. The number of amides is 2. The summed E-state index contributed by atoms with van der Waals surface area (Å²) in [5.74, 6) is -0.641. The minimum Gasteiger partial charge on any atom is -0.298 e. The second-order valence-electron chi connectivity index (χ2n) is 6.05. The molecule has 0 heterocycles. The molecule has 0 unspecified atom stereocenters. The van der Waals surface area contributed by atoms with Gasteiger partial charge >= 0.3 is 0 Å². The van der Waals surface area contributed by atoms with Gasteiger partial charge < -0.3 is 0 Å². The fourth-order valence-corrected chi connectivity index (χ4v) is 2.86. The molecule has 2 amide bonds. The predicted octanol–water partition coefficient (Wildman–Crippen LogP) is 3.12. The molecule has 3 N–H and O–H groups in total. The summed E-state index contributed by atoms with van der Waals surface area (Å²) in [7, 11) is 0. The quantitative estimate of drug-likeness (QED) is 0.364. The van der Waals surface area contributed by atoms with Crippen LogP contribution >= 0.6 is 12.2 Å². The van der Waals surface area contributed by atoms with Crippen molar-refractivity contribution in [2.45, 2.75) is 6.42 Å². The molecule has 0 saturated heterocycles. The summed E-state index contributed by atoms with van der Waals surface area (Å²) in [6, 6.07) is 23.2. The van der Waals surface area contributed by atoms with Crippen LogP contribution in [0, 0.1) is 0 Å². The van der Waals surface area contributed by atoms with Crippen LogP contribution in [0.2, 0.25) is 0 Å². The molecule has 6 heteroatoms. The van der Waals surface area contributed by atoms with Crippen molar-refractivity contribution in [2.24, 2.45) is 0 Å². The standard InChI is InChI=1S/C22H19N3O2S/c26-20(14-13-16-7-2-1-3-8-16)23-22(28)25-24-21(27)15-18-11-6-10-17-9-4-5-12-19(17)18/h1-14H,15H2,(H,24,27)(H2,23,25,26,28)/b14-13+. The summed E-state index contributed by atoms with van der Waals surface area (Å²) in [4.78, 5) is 24.1. The predicted molar refractivity (Wildman–Crippen MR) is 115 cm³/mol. The van der Waals surface area contributed by atoms with Gasteiger partial charge in [-0.15, -0.1) is 0 Å². The SMILES string of the molecule is O=C(/C=C/c1ccccc1)NC(=S)NNC(=O)Cc1cccc2ccccc12. The molecule has 0 aliphatic heterocycles. The summed E-state index contributed by atoms with van der Waals surface area (Å²) in [5.41, 5.74) is 6.87. The Hall–Kier alpha value is -3.51. The number of carbonyl (C=O) groups is 2. The first kappa shape index (κ1) is 19.3. The van der Waals surface area contributed by atoms with E-state index in [1.54, 1.807) is 6.08 Å². The molecule has 0 fully saturated rings. The van der Waals surface area contributed by atoms with Gasteiger partial charge in [0.2, 0.25) is 11.8 Å². The Bertz CT molecular complexity index is 1030. The number of benzene rings is 3. The van der Waals surface area contributed by atoms with E-state index in [0.717, 1.165) is 21.9 Å². The first-order valence-electron chi connectivity index (χ1n) is 8.71. The molecule has 0 aliphatic carbocycles. The molecular formula is C22H19N3O2S. The Morgan fingerprint density at radius 3 is 2.39 bits per heavy atom. The van der Waals surface area contributed by atoms with Crippen LogP contribution in [0.25, 0.3) is 16.8 Å². The molecule has 0 aliphatic rings. The highest BCUT2D eigenvalue weighted by Crippen LogP contribution is 2.18. The Morgan fingerprint density at radius 1 is 0.857 bits per heavy atom. The Labute approximate surface area is 168 Å². The van der Waals surface area contributed by atoms with Crippen LogP contribution in [0.5, 0.6) is 0 Å². The van der Waals surface area contributed by atoms with Crippen molar-refractivity contribution in [3.05, 3.63) is 90.0 Å². The van der Waals surface area contributed by atoms with Crippen LogP contribution in [0.4, 0.5) is 0 Å². The van der Waals surface area contributed by atoms with Crippen molar-refractivity contribution < 1.29 is 9.59 Å². The van der Waals surface area contributed by atoms with Crippen LogP contribution < -0.4 is 16.2 Å². The van der Waals surface area contributed by atoms with Gasteiger partial charge in [0.15, 0.2) is 5.11 Å². The van der Waals surface area contributed by atoms with Crippen molar-refractivity contribution in [1.82, 2.24) is 16.2 Å². The molecule has 140 valence electrons. The largest absolute Gasteiger partial charge is 0.298 e. The van der Waals surface area contributed by atoms with Gasteiger partial charge in [-0.2, -0.15) is 0 Å². The molecular weight excluding hydrogens is 370 g/mol. The number of fused-ring (bicyclic) bond motifs is 1. The summed E-state index contributed by atoms with van der Waals surface area (Å²) >= 11 is 5.03. The Kier molecular flexibility index (Phi) is 6.49. The van der Waals surface area contributed by atoms with Crippen molar-refractivity contribution in [3.8, 4) is 0 Å². The molecule has 0 radical (unpaired) electrons. The van der Waals surface area contributed by atoms with Crippen LogP contribution in [0.15, 0.2) is 78.9 Å². The van der Waals surface area contributed by atoms with Gasteiger partial charge in [-0.25, -0.2) is 0 Å². The topological polar surface area (TPSA) is 70.2 Å². The van der Waals surface area contributed by atoms with E-state index in [1.807, 2.05) is 72.8 Å². The lowest BCUT2D eigenvalue weighted by Crippen LogP contribution is -2.48. The Balaban J connectivity index is 1.48. The minimum absolute atomic E-state index is 0.0222. The average Bonchev–Trinajstić information content (AvgIpc) is 2.72. The summed E-state index contributed by atoms with van der Waals surface area (Å²) in [5, 5.41) is 4.61. The van der Waals surface area contributed by atoms with E-state index in [0.29, 0.717) is 0 Å². The summed E-state index contributed by atoms with van der Waals surface area (Å²) in [6.07, 6.45) is 3.25. The first-order chi connectivity index (χ1) is 13.6. The smallest absolute Gasteiger partial charge is 0.250 e. The molecule has 0 aromatic heterocycles. The molecule has 0 atom stereocenters. The second-order valence-corrected chi connectivity index (χ2v) is 6.46. The fourth-order valence-electron chi connectivity index (χ4n) is 2.71. The highest BCUT2D eigenvalue weighted by molar-refractivity contribution is 7.80. The Morgan fingerprint density at radius 2 is 1.57 bits per heavy atom. The van der Waals surface area contributed by atoms with E-state index < -0.39 is 0 Å². The van der Waals surface area contributed by atoms with Crippen LogP contribution in [-0.4, -0.2) is 16.9 Å². The van der Waals surface area contributed by atoms with Gasteiger partial charge in [0.25, 0.3) is 0 Å². The molecule has 3 rings (SSSR count). The van der Waals surface area contributed by atoms with Crippen molar-refractivity contribution in [2.75, 3.05) is 0 Å². The van der Waals surface area contributed by atoms with Gasteiger partial charge in [0, 0.05) is 6.08 Å². The van der Waals surface area contributed by atoms with Gasteiger partial charge in [-0.3, -0.25) is 25.8 Å². The number of hydrogen-bond acceptors (Lipinski definition) is 3. The minimum atomic E-state index is -0.385. The third-order valence-corrected chi connectivity index (χ3v) is 4.21. The average molecular weight is 389 g/mol. The summed E-state index contributed by atoms with van der Waals surface area (Å²) < 4.78 is 0. The lowest BCUT2D eigenvalue weighted by Gasteiger charge is -2.11.